The average Bonchev–Trinajstić information content (AvgIpc) is 2.79. The molecular weight excluding hydrogens is 286 g/mol. The number of Topliss-reactive ketones (excluding diaryl/α,β-unsaturated/α-hetero) is 1. The van der Waals surface area contributed by atoms with E-state index in [1.165, 1.54) is 16.7 Å². The molecule has 0 bridgehead atoms. The molecule has 23 heavy (non-hydrogen) atoms. The molecule has 0 aromatic rings. The second kappa shape index (κ2) is 5.05. The van der Waals surface area contributed by atoms with E-state index in [0.29, 0.717) is 30.5 Å². The first-order chi connectivity index (χ1) is 11.0. The zero-order chi connectivity index (χ0) is 16.2. The Hall–Kier alpha value is -1.40. The molecule has 0 aromatic carbocycles. The van der Waals surface area contributed by atoms with Crippen LogP contribution in [0.4, 0.5) is 0 Å². The van der Waals surface area contributed by atoms with E-state index in [4.69, 9.17) is 5.26 Å². The molecule has 0 radical (unpaired) electrons. The highest BCUT2D eigenvalue weighted by Crippen LogP contribution is 2.63. The Morgan fingerprint density at radius 2 is 2.17 bits per heavy atom. The maximum absolute atomic E-state index is 11.8. The molecule has 1 N–H and O–H groups in total. The van der Waals surface area contributed by atoms with Gasteiger partial charge in [-0.1, -0.05) is 18.6 Å². The maximum Gasteiger partial charge on any atom is 0.137 e. The number of aliphatic hydroxyl groups is 1. The number of nitriles is 1. The van der Waals surface area contributed by atoms with Crippen LogP contribution in [0.25, 0.3) is 0 Å². The molecule has 4 atom stereocenters. The van der Waals surface area contributed by atoms with Crippen molar-refractivity contribution in [2.45, 2.75) is 70.3 Å². The van der Waals surface area contributed by atoms with Gasteiger partial charge in [0.25, 0.3) is 0 Å². The van der Waals surface area contributed by atoms with Crippen molar-refractivity contribution in [1.82, 2.24) is 0 Å². The third-order valence-corrected chi connectivity index (χ3v) is 7.35. The summed E-state index contributed by atoms with van der Waals surface area (Å²) in [5.41, 5.74) is 3.35. The van der Waals surface area contributed by atoms with Crippen molar-refractivity contribution in [3.63, 3.8) is 0 Å². The summed E-state index contributed by atoms with van der Waals surface area (Å²) in [6.45, 7) is 2.20. The number of hydrogen-bond donors (Lipinski definition) is 1. The summed E-state index contributed by atoms with van der Waals surface area (Å²) in [7, 11) is 0. The number of rotatable bonds is 1. The predicted octanol–water partition coefficient (Wildman–Crippen LogP) is 3.84. The summed E-state index contributed by atoms with van der Waals surface area (Å²) in [6.07, 6.45) is 9.68. The SMILES string of the molecule is C[C@]12CC=C3C4=C(CC[C@H]3[C@@H]1CC[C@@]2(O)CC#N)CC(=O)CC4. The number of ketones is 1. The van der Waals surface area contributed by atoms with E-state index in [-0.39, 0.29) is 11.8 Å². The minimum atomic E-state index is -0.828. The van der Waals surface area contributed by atoms with Crippen molar-refractivity contribution in [2.75, 3.05) is 0 Å². The van der Waals surface area contributed by atoms with Gasteiger partial charge in [-0.05, 0) is 61.5 Å². The van der Waals surface area contributed by atoms with Gasteiger partial charge in [0.15, 0.2) is 0 Å². The lowest BCUT2D eigenvalue weighted by atomic mass is 9.56. The Kier molecular flexibility index (Phi) is 3.32. The van der Waals surface area contributed by atoms with Crippen LogP contribution in [0.3, 0.4) is 0 Å². The molecule has 0 amide bonds. The summed E-state index contributed by atoms with van der Waals surface area (Å²) in [4.78, 5) is 11.8. The van der Waals surface area contributed by atoms with Crippen molar-refractivity contribution < 1.29 is 9.90 Å². The predicted molar refractivity (Wildman–Crippen MR) is 87.3 cm³/mol. The monoisotopic (exact) mass is 311 g/mol. The molecule has 1 saturated carbocycles. The molecule has 3 heteroatoms. The quantitative estimate of drug-likeness (QED) is 0.800. The molecule has 1 fully saturated rings. The number of allylic oxidation sites excluding steroid dienone is 4. The van der Waals surface area contributed by atoms with E-state index < -0.39 is 5.60 Å². The van der Waals surface area contributed by atoms with Gasteiger partial charge in [-0.15, -0.1) is 0 Å². The first-order valence-corrected chi connectivity index (χ1v) is 9.01. The second-order valence-electron chi connectivity index (χ2n) is 8.24. The normalized spacial score (nSPS) is 42.5. The molecule has 0 spiro atoms. The van der Waals surface area contributed by atoms with E-state index in [0.717, 1.165) is 38.5 Å². The van der Waals surface area contributed by atoms with E-state index in [2.05, 4.69) is 19.1 Å². The maximum atomic E-state index is 11.8. The van der Waals surface area contributed by atoms with E-state index in [1.807, 2.05) is 0 Å². The highest BCUT2D eigenvalue weighted by Gasteiger charge is 2.59. The lowest BCUT2D eigenvalue weighted by molar-refractivity contribution is -0.118. The third-order valence-electron chi connectivity index (χ3n) is 7.35. The number of hydrogen-bond acceptors (Lipinski definition) is 3. The van der Waals surface area contributed by atoms with E-state index >= 15 is 0 Å². The number of carbonyl (C=O) groups excluding carboxylic acids is 1. The number of carbonyl (C=O) groups is 1. The van der Waals surface area contributed by atoms with Crippen molar-refractivity contribution in [2.24, 2.45) is 17.3 Å². The summed E-state index contributed by atoms with van der Waals surface area (Å²) in [6, 6.07) is 2.21. The van der Waals surface area contributed by atoms with Crippen LogP contribution in [0.15, 0.2) is 22.8 Å². The zero-order valence-corrected chi connectivity index (χ0v) is 13.9. The van der Waals surface area contributed by atoms with Crippen LogP contribution < -0.4 is 0 Å². The van der Waals surface area contributed by atoms with Gasteiger partial charge in [0.1, 0.15) is 5.78 Å². The Bertz CT molecular complexity index is 668. The van der Waals surface area contributed by atoms with Gasteiger partial charge in [0, 0.05) is 18.3 Å². The minimum Gasteiger partial charge on any atom is -0.388 e. The average molecular weight is 311 g/mol. The molecule has 0 heterocycles. The lowest BCUT2D eigenvalue weighted by Crippen LogP contribution is -2.48. The summed E-state index contributed by atoms with van der Waals surface area (Å²) >= 11 is 0. The summed E-state index contributed by atoms with van der Waals surface area (Å²) < 4.78 is 0. The highest BCUT2D eigenvalue weighted by atomic mass is 16.3. The standard InChI is InChI=1S/C20H25NO2/c1-19-8-6-16-15-5-3-14(22)12-13(15)2-4-17(16)18(19)7-9-20(19,23)10-11-21/h6,17-18,23H,2-5,7-10,12H2,1H3/t17-,18+,19+,20-/m1/s1. The van der Waals surface area contributed by atoms with Crippen LogP contribution in [-0.2, 0) is 4.79 Å². The van der Waals surface area contributed by atoms with Crippen LogP contribution >= 0.6 is 0 Å². The van der Waals surface area contributed by atoms with Gasteiger partial charge >= 0.3 is 0 Å². The molecule has 4 aliphatic carbocycles. The van der Waals surface area contributed by atoms with Crippen LogP contribution in [0.2, 0.25) is 0 Å². The molecule has 0 aliphatic heterocycles. The van der Waals surface area contributed by atoms with Crippen molar-refractivity contribution in [1.29, 1.82) is 5.26 Å². The zero-order valence-electron chi connectivity index (χ0n) is 13.9. The Labute approximate surface area is 138 Å². The van der Waals surface area contributed by atoms with E-state index in [1.54, 1.807) is 0 Å². The highest BCUT2D eigenvalue weighted by molar-refractivity contribution is 5.83. The first kappa shape index (κ1) is 15.1. The smallest absolute Gasteiger partial charge is 0.137 e. The third kappa shape index (κ3) is 2.01. The topological polar surface area (TPSA) is 61.1 Å². The van der Waals surface area contributed by atoms with Gasteiger partial charge in [0.2, 0.25) is 0 Å². The van der Waals surface area contributed by atoms with E-state index in [9.17, 15) is 9.90 Å². The second-order valence-corrected chi connectivity index (χ2v) is 8.24. The van der Waals surface area contributed by atoms with Crippen molar-refractivity contribution >= 4 is 5.78 Å². The molecule has 0 unspecified atom stereocenters. The molecule has 0 aromatic heterocycles. The van der Waals surface area contributed by atoms with Gasteiger partial charge < -0.3 is 5.11 Å². The molecule has 4 rings (SSSR count). The fraction of sp³-hybridized carbons (Fsp3) is 0.700. The Morgan fingerprint density at radius 3 is 2.96 bits per heavy atom. The molecule has 3 nitrogen and oxygen atoms in total. The first-order valence-electron chi connectivity index (χ1n) is 9.01. The molecule has 0 saturated heterocycles. The summed E-state index contributed by atoms with van der Waals surface area (Å²) in [5, 5.41) is 20.2. The molecular formula is C20H25NO2. The molecule has 122 valence electrons. The Balaban J connectivity index is 1.71. The van der Waals surface area contributed by atoms with Crippen LogP contribution in [0, 0.1) is 28.6 Å². The number of fused-ring (bicyclic) bond motifs is 4. The van der Waals surface area contributed by atoms with Crippen molar-refractivity contribution in [3.05, 3.63) is 22.8 Å². The van der Waals surface area contributed by atoms with Gasteiger partial charge in [-0.3, -0.25) is 4.79 Å². The van der Waals surface area contributed by atoms with Crippen LogP contribution in [-0.4, -0.2) is 16.5 Å². The fourth-order valence-electron chi connectivity index (χ4n) is 5.94. The summed E-state index contributed by atoms with van der Waals surface area (Å²) in [5.74, 6) is 1.40. The minimum absolute atomic E-state index is 0.167. The van der Waals surface area contributed by atoms with Gasteiger partial charge in [0.05, 0.1) is 18.1 Å². The van der Waals surface area contributed by atoms with Gasteiger partial charge in [-0.2, -0.15) is 5.26 Å². The van der Waals surface area contributed by atoms with Crippen molar-refractivity contribution in [3.8, 4) is 6.07 Å². The Morgan fingerprint density at radius 1 is 1.35 bits per heavy atom. The largest absolute Gasteiger partial charge is 0.388 e. The fourth-order valence-corrected chi connectivity index (χ4v) is 5.94. The lowest BCUT2D eigenvalue weighted by Gasteiger charge is -2.50. The molecule has 4 aliphatic rings. The van der Waals surface area contributed by atoms with Crippen LogP contribution in [0.5, 0.6) is 0 Å². The number of nitrogens with zero attached hydrogens (tertiary/aromatic N) is 1. The van der Waals surface area contributed by atoms with Gasteiger partial charge in [-0.25, -0.2) is 0 Å². The van der Waals surface area contributed by atoms with Crippen LogP contribution in [0.1, 0.15) is 64.7 Å².